The van der Waals surface area contributed by atoms with Gasteiger partial charge < -0.3 is 20.9 Å². The van der Waals surface area contributed by atoms with Gasteiger partial charge in [0.15, 0.2) is 0 Å². The number of thiol groups is 1. The molecule has 0 aliphatic carbocycles. The van der Waals surface area contributed by atoms with Crippen LogP contribution >= 0.6 is 12.6 Å². The zero-order valence-corrected chi connectivity index (χ0v) is 22.3. The summed E-state index contributed by atoms with van der Waals surface area (Å²) in [4.78, 5) is 28.4. The lowest BCUT2D eigenvalue weighted by Crippen LogP contribution is -2.61. The minimum atomic E-state index is -0.613. The van der Waals surface area contributed by atoms with Crippen molar-refractivity contribution in [1.82, 2.24) is 15.5 Å². The second kappa shape index (κ2) is 11.9. The van der Waals surface area contributed by atoms with Gasteiger partial charge >= 0.3 is 0 Å². The summed E-state index contributed by atoms with van der Waals surface area (Å²) < 4.78 is 0. The van der Waals surface area contributed by atoms with E-state index in [4.69, 9.17) is 0 Å². The minimum absolute atomic E-state index is 0.0631. The first-order chi connectivity index (χ1) is 14.7. The number of benzene rings is 1. The fourth-order valence-corrected chi connectivity index (χ4v) is 4.05. The number of nitrogens with zero attached hydrogens (tertiary/aromatic N) is 1. The van der Waals surface area contributed by atoms with E-state index < -0.39 is 22.9 Å². The molecule has 0 spiro atoms. The molecule has 32 heavy (non-hydrogen) atoms. The lowest BCUT2D eigenvalue weighted by atomic mass is 9.76. The third kappa shape index (κ3) is 7.69. The van der Waals surface area contributed by atoms with Crippen LogP contribution in [-0.4, -0.2) is 61.7 Å². The Labute approximate surface area is 200 Å². The highest BCUT2D eigenvalue weighted by atomic mass is 32.1. The van der Waals surface area contributed by atoms with Crippen molar-refractivity contribution in [2.45, 2.75) is 66.0 Å². The monoisotopic (exact) mass is 464 g/mol. The Morgan fingerprint density at radius 3 is 2.03 bits per heavy atom. The maximum absolute atomic E-state index is 13.4. The van der Waals surface area contributed by atoms with Gasteiger partial charge in [0.2, 0.25) is 11.8 Å². The first-order valence-corrected chi connectivity index (χ1v) is 12.1. The zero-order chi connectivity index (χ0) is 24.7. The van der Waals surface area contributed by atoms with Gasteiger partial charge in [-0.3, -0.25) is 9.59 Å². The van der Waals surface area contributed by atoms with Crippen LogP contribution in [0.5, 0.6) is 0 Å². The van der Waals surface area contributed by atoms with Crippen LogP contribution in [0.15, 0.2) is 24.3 Å². The van der Waals surface area contributed by atoms with Crippen molar-refractivity contribution in [2.24, 2.45) is 11.3 Å². The molecular weight excluding hydrogens is 420 g/mol. The molecule has 1 rings (SSSR count). The standard InChI is InChI=1S/C25H44N4O2S/c1-17(2)16-29(9)23(31)21(24(3,4)5)28-22(30)20(26-8)25(6,7)18-10-12-19(13-11-18)27-14-15-32/h10-13,17,20-21,26-27,32H,14-16H2,1-9H3,(H,28,30). The zero-order valence-electron chi connectivity index (χ0n) is 21.4. The molecule has 2 atom stereocenters. The Morgan fingerprint density at radius 2 is 1.59 bits per heavy atom. The minimum Gasteiger partial charge on any atom is -0.384 e. The summed E-state index contributed by atoms with van der Waals surface area (Å²) in [6, 6.07) is 7.01. The highest BCUT2D eigenvalue weighted by Gasteiger charge is 2.40. The van der Waals surface area contributed by atoms with E-state index in [0.717, 1.165) is 23.5 Å². The van der Waals surface area contributed by atoms with Crippen molar-refractivity contribution in [3.63, 3.8) is 0 Å². The van der Waals surface area contributed by atoms with Gasteiger partial charge in [0.1, 0.15) is 6.04 Å². The van der Waals surface area contributed by atoms with Crippen LogP contribution in [-0.2, 0) is 15.0 Å². The Bertz CT molecular complexity index is 741. The predicted octanol–water partition coefficient (Wildman–Crippen LogP) is 3.54. The van der Waals surface area contributed by atoms with Gasteiger partial charge in [0, 0.05) is 37.0 Å². The fraction of sp³-hybridized carbons (Fsp3) is 0.680. The van der Waals surface area contributed by atoms with Gasteiger partial charge in [-0.2, -0.15) is 12.6 Å². The van der Waals surface area contributed by atoms with E-state index >= 15 is 0 Å². The Kier molecular flexibility index (Phi) is 10.6. The highest BCUT2D eigenvalue weighted by molar-refractivity contribution is 7.80. The average molecular weight is 465 g/mol. The number of carbonyl (C=O) groups excluding carboxylic acids is 2. The van der Waals surface area contributed by atoms with Crippen molar-refractivity contribution < 1.29 is 9.59 Å². The van der Waals surface area contributed by atoms with Gasteiger partial charge in [0.25, 0.3) is 0 Å². The number of rotatable bonds is 11. The SMILES string of the molecule is CNC(C(=O)NC(C(=O)N(C)CC(C)C)C(C)(C)C)C(C)(C)c1ccc(NCCS)cc1. The maximum Gasteiger partial charge on any atom is 0.245 e. The predicted molar refractivity (Wildman–Crippen MR) is 139 cm³/mol. The van der Waals surface area contributed by atoms with Crippen LogP contribution in [0.3, 0.4) is 0 Å². The van der Waals surface area contributed by atoms with Crippen molar-refractivity contribution in [2.75, 3.05) is 38.3 Å². The molecule has 2 unspecified atom stereocenters. The highest BCUT2D eigenvalue weighted by Crippen LogP contribution is 2.29. The summed E-state index contributed by atoms with van der Waals surface area (Å²) in [5, 5.41) is 9.55. The molecule has 0 bridgehead atoms. The summed E-state index contributed by atoms with van der Waals surface area (Å²) in [6.07, 6.45) is 0. The number of nitrogens with one attached hydrogen (secondary N) is 3. The van der Waals surface area contributed by atoms with Gasteiger partial charge in [-0.05, 0) is 36.1 Å². The number of carbonyl (C=O) groups is 2. The summed E-state index contributed by atoms with van der Waals surface area (Å²) in [7, 11) is 3.59. The smallest absolute Gasteiger partial charge is 0.245 e. The van der Waals surface area contributed by atoms with Crippen LogP contribution in [0.25, 0.3) is 0 Å². The largest absolute Gasteiger partial charge is 0.384 e. The molecule has 0 fully saturated rings. The van der Waals surface area contributed by atoms with Gasteiger partial charge in [-0.1, -0.05) is 60.6 Å². The molecule has 0 saturated carbocycles. The summed E-state index contributed by atoms with van der Waals surface area (Å²) in [5.41, 5.74) is 1.16. The van der Waals surface area contributed by atoms with Gasteiger partial charge in [-0.25, -0.2) is 0 Å². The molecule has 0 aliphatic heterocycles. The molecule has 0 heterocycles. The molecule has 0 saturated heterocycles. The van der Waals surface area contributed by atoms with E-state index in [1.807, 2.05) is 58.9 Å². The van der Waals surface area contributed by atoms with Gasteiger partial charge in [0.05, 0.1) is 6.04 Å². The fourth-order valence-electron chi connectivity index (χ4n) is 3.94. The van der Waals surface area contributed by atoms with Crippen LogP contribution < -0.4 is 16.0 Å². The van der Waals surface area contributed by atoms with Crippen LogP contribution in [0.2, 0.25) is 0 Å². The van der Waals surface area contributed by atoms with Gasteiger partial charge in [-0.15, -0.1) is 0 Å². The average Bonchev–Trinajstić information content (AvgIpc) is 2.69. The van der Waals surface area contributed by atoms with E-state index in [2.05, 4.69) is 42.4 Å². The van der Waals surface area contributed by atoms with E-state index in [1.54, 1.807) is 19.0 Å². The number of hydrogen-bond acceptors (Lipinski definition) is 5. The second-order valence-corrected chi connectivity index (χ2v) is 11.0. The number of amides is 2. The molecule has 0 aromatic heterocycles. The first-order valence-electron chi connectivity index (χ1n) is 11.4. The van der Waals surface area contributed by atoms with Crippen LogP contribution in [0.1, 0.15) is 54.0 Å². The Balaban J connectivity index is 3.10. The van der Waals surface area contributed by atoms with Crippen molar-refractivity contribution >= 4 is 30.1 Å². The normalized spacial score (nSPS) is 14.1. The maximum atomic E-state index is 13.4. The lowest BCUT2D eigenvalue weighted by Gasteiger charge is -2.38. The van der Waals surface area contributed by atoms with E-state index in [-0.39, 0.29) is 11.8 Å². The molecule has 0 aliphatic rings. The van der Waals surface area contributed by atoms with Crippen molar-refractivity contribution in [1.29, 1.82) is 0 Å². The summed E-state index contributed by atoms with van der Waals surface area (Å²) in [6.45, 7) is 15.6. The number of anilines is 1. The Morgan fingerprint density at radius 1 is 1.03 bits per heavy atom. The third-order valence-corrected chi connectivity index (χ3v) is 5.98. The Hall–Kier alpha value is -1.73. The molecule has 1 aromatic rings. The van der Waals surface area contributed by atoms with Crippen LogP contribution in [0.4, 0.5) is 5.69 Å². The van der Waals surface area contributed by atoms with E-state index in [0.29, 0.717) is 12.5 Å². The van der Waals surface area contributed by atoms with E-state index in [1.165, 1.54) is 0 Å². The first kappa shape index (κ1) is 28.3. The summed E-state index contributed by atoms with van der Waals surface area (Å²) >= 11 is 4.23. The summed E-state index contributed by atoms with van der Waals surface area (Å²) in [5.74, 6) is 0.872. The molecule has 0 radical (unpaired) electrons. The van der Waals surface area contributed by atoms with Crippen molar-refractivity contribution in [3.05, 3.63) is 29.8 Å². The van der Waals surface area contributed by atoms with Crippen LogP contribution in [0, 0.1) is 11.3 Å². The quantitative estimate of drug-likeness (QED) is 0.378. The molecule has 1 aromatic carbocycles. The van der Waals surface area contributed by atoms with E-state index in [9.17, 15) is 9.59 Å². The molecule has 182 valence electrons. The molecule has 6 nitrogen and oxygen atoms in total. The number of likely N-dealkylation sites (N-methyl/N-ethyl adjacent to an activating group) is 2. The second-order valence-electron chi connectivity index (χ2n) is 10.6. The lowest BCUT2D eigenvalue weighted by molar-refractivity contribution is -0.139. The molecule has 2 amide bonds. The van der Waals surface area contributed by atoms with Crippen molar-refractivity contribution in [3.8, 4) is 0 Å². The molecule has 3 N–H and O–H groups in total. The number of hydrogen-bond donors (Lipinski definition) is 4. The molecular formula is C25H44N4O2S. The third-order valence-electron chi connectivity index (χ3n) is 5.76. The molecule has 7 heteroatoms. The topological polar surface area (TPSA) is 73.5 Å².